The average Bonchev–Trinajstić information content (AvgIpc) is 2.77. The predicted molar refractivity (Wildman–Crippen MR) is 139 cm³/mol. The molecular weight excluding hydrogens is 499 g/mol. The normalized spacial score (nSPS) is 15.6. The quantitative estimate of drug-likeness (QED) is 0.247. The van der Waals surface area contributed by atoms with Crippen LogP contribution in [0.25, 0.3) is 10.8 Å². The number of aliphatic imine (C=N–C) groups is 1. The van der Waals surface area contributed by atoms with Crippen LogP contribution in [0.5, 0.6) is 0 Å². The number of carbonyl (C=O) groups is 1. The molecule has 0 bridgehead atoms. The number of benzene rings is 3. The number of fused-ring (bicyclic) bond motifs is 2. The van der Waals surface area contributed by atoms with E-state index in [-0.39, 0.29) is 35.8 Å². The van der Waals surface area contributed by atoms with Gasteiger partial charge in [-0.2, -0.15) is 0 Å². The predicted octanol–water partition coefficient (Wildman–Crippen LogP) is 4.68. The molecule has 1 aliphatic heterocycles. The number of halogens is 1. The summed E-state index contributed by atoms with van der Waals surface area (Å²) in [5.74, 6) is 0.951. The van der Waals surface area contributed by atoms with Crippen LogP contribution in [0.4, 0.5) is 5.69 Å². The van der Waals surface area contributed by atoms with Crippen LogP contribution >= 0.6 is 24.0 Å². The van der Waals surface area contributed by atoms with Crippen molar-refractivity contribution in [1.82, 2.24) is 10.6 Å². The highest BCUT2D eigenvalue weighted by molar-refractivity contribution is 14.0. The van der Waals surface area contributed by atoms with Gasteiger partial charge in [0.1, 0.15) is 0 Å². The first-order valence-electron chi connectivity index (χ1n) is 10.6. The van der Waals surface area contributed by atoms with E-state index in [1.54, 1.807) is 0 Å². The summed E-state index contributed by atoms with van der Waals surface area (Å²) < 4.78 is 0. The van der Waals surface area contributed by atoms with Gasteiger partial charge in [-0.3, -0.25) is 9.79 Å². The van der Waals surface area contributed by atoms with Crippen LogP contribution in [0, 0.1) is 0 Å². The molecule has 0 saturated heterocycles. The molecule has 0 saturated carbocycles. The maximum atomic E-state index is 12.1. The number of hydrogen-bond acceptors (Lipinski definition) is 2. The summed E-state index contributed by atoms with van der Waals surface area (Å²) >= 11 is 0. The lowest BCUT2D eigenvalue weighted by Crippen LogP contribution is -2.38. The molecule has 0 spiro atoms. The van der Waals surface area contributed by atoms with Crippen LogP contribution in [0.15, 0.2) is 71.7 Å². The molecule has 1 aliphatic rings. The molecule has 3 N–H and O–H groups in total. The van der Waals surface area contributed by atoms with Crippen LogP contribution < -0.4 is 16.0 Å². The topological polar surface area (TPSA) is 65.5 Å². The minimum Gasteiger partial charge on any atom is -0.357 e. The molecule has 0 aromatic heterocycles. The zero-order chi connectivity index (χ0) is 20.8. The van der Waals surface area contributed by atoms with E-state index in [4.69, 9.17) is 4.99 Å². The SMILES string of the molecule is CCNC(=NCC1CC(=O)Nc2ccccc21)NCCc1cccc2ccccc12.I. The summed E-state index contributed by atoms with van der Waals surface area (Å²) in [4.78, 5) is 16.8. The molecule has 0 fully saturated rings. The zero-order valence-corrected chi connectivity index (χ0v) is 20.1. The van der Waals surface area contributed by atoms with Crippen molar-refractivity contribution in [1.29, 1.82) is 0 Å². The highest BCUT2D eigenvalue weighted by Crippen LogP contribution is 2.32. The summed E-state index contributed by atoms with van der Waals surface area (Å²) in [5.41, 5.74) is 3.39. The molecule has 1 atom stereocenters. The molecule has 162 valence electrons. The Morgan fingerprint density at radius 2 is 1.81 bits per heavy atom. The number of para-hydroxylation sites is 1. The van der Waals surface area contributed by atoms with Crippen molar-refractivity contribution in [3.05, 3.63) is 77.9 Å². The summed E-state index contributed by atoms with van der Waals surface area (Å²) in [7, 11) is 0. The summed E-state index contributed by atoms with van der Waals surface area (Å²) in [6.07, 6.45) is 1.39. The highest BCUT2D eigenvalue weighted by atomic mass is 127. The zero-order valence-electron chi connectivity index (χ0n) is 17.7. The van der Waals surface area contributed by atoms with Crippen LogP contribution in [0.2, 0.25) is 0 Å². The lowest BCUT2D eigenvalue weighted by Gasteiger charge is -2.24. The number of hydrogen-bond donors (Lipinski definition) is 3. The van der Waals surface area contributed by atoms with Crippen LogP contribution in [-0.4, -0.2) is 31.5 Å². The van der Waals surface area contributed by atoms with Gasteiger partial charge >= 0.3 is 0 Å². The van der Waals surface area contributed by atoms with Gasteiger partial charge in [0.15, 0.2) is 5.96 Å². The molecule has 1 heterocycles. The number of guanidine groups is 1. The van der Waals surface area contributed by atoms with Gasteiger partial charge in [0.25, 0.3) is 0 Å². The molecule has 3 aromatic carbocycles. The van der Waals surface area contributed by atoms with Crippen molar-refractivity contribution < 1.29 is 4.79 Å². The summed E-state index contributed by atoms with van der Waals surface area (Å²) in [5, 5.41) is 12.3. The second-order valence-electron chi connectivity index (χ2n) is 7.57. The molecule has 1 amide bonds. The highest BCUT2D eigenvalue weighted by Gasteiger charge is 2.24. The third-order valence-electron chi connectivity index (χ3n) is 5.49. The van der Waals surface area contributed by atoms with E-state index < -0.39 is 0 Å². The van der Waals surface area contributed by atoms with Crippen molar-refractivity contribution in [2.45, 2.75) is 25.7 Å². The van der Waals surface area contributed by atoms with E-state index in [0.29, 0.717) is 13.0 Å². The van der Waals surface area contributed by atoms with Gasteiger partial charge in [-0.05, 0) is 41.3 Å². The van der Waals surface area contributed by atoms with Crippen molar-refractivity contribution in [3.8, 4) is 0 Å². The Kier molecular flexibility index (Phi) is 8.28. The van der Waals surface area contributed by atoms with Crippen molar-refractivity contribution in [2.75, 3.05) is 25.0 Å². The molecule has 1 unspecified atom stereocenters. The Morgan fingerprint density at radius 1 is 1.03 bits per heavy atom. The fourth-order valence-corrected chi connectivity index (χ4v) is 4.03. The third kappa shape index (κ3) is 5.76. The molecule has 31 heavy (non-hydrogen) atoms. The number of nitrogens with one attached hydrogen (secondary N) is 3. The van der Waals surface area contributed by atoms with Crippen LogP contribution in [0.3, 0.4) is 0 Å². The second-order valence-corrected chi connectivity index (χ2v) is 7.57. The van der Waals surface area contributed by atoms with E-state index in [2.05, 4.69) is 71.4 Å². The third-order valence-corrected chi connectivity index (χ3v) is 5.49. The van der Waals surface area contributed by atoms with Gasteiger partial charge < -0.3 is 16.0 Å². The molecular formula is C25H29IN4O. The first kappa shape index (κ1) is 23.1. The Morgan fingerprint density at radius 3 is 2.68 bits per heavy atom. The largest absolute Gasteiger partial charge is 0.357 e. The Bertz CT molecular complexity index is 1060. The van der Waals surface area contributed by atoms with Crippen LogP contribution in [0.1, 0.15) is 30.4 Å². The van der Waals surface area contributed by atoms with Crippen molar-refractivity contribution in [3.63, 3.8) is 0 Å². The van der Waals surface area contributed by atoms with E-state index in [0.717, 1.165) is 36.7 Å². The number of amides is 1. The molecule has 6 heteroatoms. The molecule has 3 aromatic rings. The van der Waals surface area contributed by atoms with E-state index in [9.17, 15) is 4.79 Å². The van der Waals surface area contributed by atoms with E-state index >= 15 is 0 Å². The Labute approximate surface area is 200 Å². The van der Waals surface area contributed by atoms with Gasteiger partial charge in [-0.25, -0.2) is 0 Å². The molecule has 4 rings (SSSR count). The Hall–Kier alpha value is -2.61. The van der Waals surface area contributed by atoms with Crippen LogP contribution in [-0.2, 0) is 11.2 Å². The number of anilines is 1. The minimum absolute atomic E-state index is 0. The first-order valence-corrected chi connectivity index (χ1v) is 10.6. The average molecular weight is 528 g/mol. The van der Waals surface area contributed by atoms with Crippen molar-refractivity contribution >= 4 is 52.3 Å². The smallest absolute Gasteiger partial charge is 0.225 e. The van der Waals surface area contributed by atoms with Gasteiger partial charge in [0, 0.05) is 31.1 Å². The van der Waals surface area contributed by atoms with Gasteiger partial charge in [0.05, 0.1) is 6.54 Å². The fraction of sp³-hybridized carbons (Fsp3) is 0.280. The minimum atomic E-state index is 0. The lowest BCUT2D eigenvalue weighted by atomic mass is 9.91. The second kappa shape index (κ2) is 11.1. The van der Waals surface area contributed by atoms with E-state index in [1.165, 1.54) is 16.3 Å². The number of rotatable bonds is 6. The van der Waals surface area contributed by atoms with Crippen molar-refractivity contribution in [2.24, 2.45) is 4.99 Å². The molecule has 0 aliphatic carbocycles. The molecule has 0 radical (unpaired) electrons. The summed E-state index contributed by atoms with van der Waals surface area (Å²) in [6, 6.07) is 22.9. The number of nitrogens with zero attached hydrogens (tertiary/aromatic N) is 1. The maximum absolute atomic E-state index is 12.1. The first-order chi connectivity index (χ1) is 14.7. The monoisotopic (exact) mass is 528 g/mol. The lowest BCUT2D eigenvalue weighted by molar-refractivity contribution is -0.116. The van der Waals surface area contributed by atoms with Gasteiger partial charge in [-0.1, -0.05) is 60.7 Å². The Balaban J connectivity index is 0.00000272. The van der Waals surface area contributed by atoms with Gasteiger partial charge in [-0.15, -0.1) is 24.0 Å². The standard InChI is InChI=1S/C25H28N4O.HI/c1-2-26-25(27-15-14-19-10-7-9-18-8-3-4-11-21(18)19)28-17-20-16-24(30)29-23-13-6-5-12-22(20)23;/h3-13,20H,2,14-17H2,1H3,(H,29,30)(H2,26,27,28);1H. The molecule has 5 nitrogen and oxygen atoms in total. The maximum Gasteiger partial charge on any atom is 0.225 e. The summed E-state index contributed by atoms with van der Waals surface area (Å²) in [6.45, 7) is 4.22. The van der Waals surface area contributed by atoms with Gasteiger partial charge in [0.2, 0.25) is 5.91 Å². The van der Waals surface area contributed by atoms with E-state index in [1.807, 2.05) is 18.2 Å². The number of carbonyl (C=O) groups excluding carboxylic acids is 1. The fourth-order valence-electron chi connectivity index (χ4n) is 4.03.